The molecule has 1 aliphatic heterocycles. The lowest BCUT2D eigenvalue weighted by atomic mass is 9.87. The number of hydrogen-bond donors (Lipinski definition) is 0. The number of rotatable bonds is 14. The monoisotopic (exact) mass is 394 g/mol. The first-order valence-corrected chi connectivity index (χ1v) is 17.4. The minimum atomic E-state index is -1.58. The summed E-state index contributed by atoms with van der Waals surface area (Å²) in [6.07, 6.45) is 15.5. The summed E-state index contributed by atoms with van der Waals surface area (Å²) in [5.74, 6) is 0. The second kappa shape index (κ2) is 11.7. The van der Waals surface area contributed by atoms with Crippen LogP contribution in [0.2, 0.25) is 30.2 Å². The van der Waals surface area contributed by atoms with Crippen molar-refractivity contribution >= 4 is 15.4 Å². The molecule has 0 N–H and O–H groups in total. The van der Waals surface area contributed by atoms with Crippen LogP contribution in [-0.2, 0) is 4.43 Å². The molecular weight excluding hydrogens is 348 g/mol. The first kappa shape index (κ1) is 23.9. The fourth-order valence-corrected chi connectivity index (χ4v) is 24.5. The van der Waals surface area contributed by atoms with Gasteiger partial charge in [0.25, 0.3) is 0 Å². The molecule has 0 amide bonds. The molecule has 1 saturated heterocycles. The Balaban J connectivity index is 3.00. The predicted octanol–water partition coefficient (Wildman–Crippen LogP) is 8.19. The lowest BCUT2D eigenvalue weighted by Crippen LogP contribution is -2.70. The van der Waals surface area contributed by atoms with E-state index in [2.05, 4.69) is 53.0 Å². The first-order chi connectivity index (χ1) is 12.5. The van der Waals surface area contributed by atoms with Gasteiger partial charge >= 0.3 is 0 Å². The number of hydrogen-bond acceptors (Lipinski definition) is 1. The molecule has 0 aromatic carbocycles. The summed E-state index contributed by atoms with van der Waals surface area (Å²) in [4.78, 5) is 0. The third kappa shape index (κ3) is 5.45. The van der Waals surface area contributed by atoms with Crippen LogP contribution in [0, 0.1) is 0 Å². The highest BCUT2D eigenvalue weighted by Gasteiger charge is 2.58. The van der Waals surface area contributed by atoms with Crippen LogP contribution >= 0.6 is 0 Å². The molecule has 26 heavy (non-hydrogen) atoms. The lowest BCUT2D eigenvalue weighted by molar-refractivity contribution is 0.0273. The van der Waals surface area contributed by atoms with Crippen LogP contribution < -0.4 is 0 Å². The van der Waals surface area contributed by atoms with Crippen molar-refractivity contribution in [2.24, 2.45) is 0 Å². The zero-order valence-corrected chi connectivity index (χ0v) is 20.4. The highest BCUT2D eigenvalue weighted by atomic mass is 29.3. The van der Waals surface area contributed by atoms with Gasteiger partial charge in [0.1, 0.15) is 0 Å². The summed E-state index contributed by atoms with van der Waals surface area (Å²) in [5.41, 5.74) is 0.196. The molecule has 0 bridgehead atoms. The molecule has 3 heteroatoms. The topological polar surface area (TPSA) is 9.23 Å². The Bertz CT molecular complexity index is 394. The first-order valence-electron chi connectivity index (χ1n) is 11.4. The fraction of sp³-hybridized carbons (Fsp3) is 0.826. The van der Waals surface area contributed by atoms with Gasteiger partial charge in [0.2, 0.25) is 0 Å². The summed E-state index contributed by atoms with van der Waals surface area (Å²) in [6.45, 7) is 17.7. The van der Waals surface area contributed by atoms with Gasteiger partial charge in [-0.15, -0.1) is 13.2 Å². The van der Waals surface area contributed by atoms with Crippen LogP contribution in [0.3, 0.4) is 0 Å². The SMILES string of the molecule is C=CCCCCC1(CCCCC=C)CC[Si](CC)(CC)[Si](CC)(CC)O1. The zero-order chi connectivity index (χ0) is 19.5. The van der Waals surface area contributed by atoms with E-state index in [0.717, 1.165) is 12.8 Å². The maximum Gasteiger partial charge on any atom is 0.180 e. The summed E-state index contributed by atoms with van der Waals surface area (Å²) in [7, 11) is -2.81. The largest absolute Gasteiger partial charge is 0.414 e. The van der Waals surface area contributed by atoms with Crippen LogP contribution in [0.5, 0.6) is 0 Å². The summed E-state index contributed by atoms with van der Waals surface area (Å²) >= 11 is 0. The van der Waals surface area contributed by atoms with Crippen LogP contribution in [0.1, 0.15) is 85.5 Å². The normalized spacial score (nSPS) is 20.6. The van der Waals surface area contributed by atoms with Gasteiger partial charge < -0.3 is 4.43 Å². The molecule has 1 rings (SSSR count). The third-order valence-electron chi connectivity index (χ3n) is 7.51. The van der Waals surface area contributed by atoms with Crippen molar-refractivity contribution in [3.05, 3.63) is 25.3 Å². The maximum atomic E-state index is 7.47. The van der Waals surface area contributed by atoms with Crippen molar-refractivity contribution in [1.82, 2.24) is 0 Å². The summed E-state index contributed by atoms with van der Waals surface area (Å²) in [6, 6.07) is 7.12. The zero-order valence-electron chi connectivity index (χ0n) is 18.4. The predicted molar refractivity (Wildman–Crippen MR) is 124 cm³/mol. The summed E-state index contributed by atoms with van der Waals surface area (Å²) < 4.78 is 7.47. The molecule has 0 aromatic rings. The highest BCUT2D eigenvalue weighted by Crippen LogP contribution is 2.49. The highest BCUT2D eigenvalue weighted by molar-refractivity contribution is 7.40. The van der Waals surface area contributed by atoms with Gasteiger partial charge in [-0.1, -0.05) is 70.8 Å². The van der Waals surface area contributed by atoms with Crippen molar-refractivity contribution in [3.8, 4) is 0 Å². The Morgan fingerprint density at radius 1 is 0.808 bits per heavy atom. The fourth-order valence-electron chi connectivity index (χ4n) is 5.61. The van der Waals surface area contributed by atoms with Gasteiger partial charge in [-0.05, 0) is 57.0 Å². The smallest absolute Gasteiger partial charge is 0.180 e. The van der Waals surface area contributed by atoms with Gasteiger partial charge in [-0.3, -0.25) is 0 Å². The molecule has 152 valence electrons. The van der Waals surface area contributed by atoms with Gasteiger partial charge in [0.15, 0.2) is 7.83 Å². The summed E-state index contributed by atoms with van der Waals surface area (Å²) in [5, 5.41) is 0. The lowest BCUT2D eigenvalue weighted by Gasteiger charge is -2.57. The Labute approximate surface area is 166 Å². The van der Waals surface area contributed by atoms with E-state index in [1.807, 2.05) is 0 Å². The van der Waals surface area contributed by atoms with Crippen LogP contribution in [-0.4, -0.2) is 21.0 Å². The molecule has 1 nitrogen and oxygen atoms in total. The molecule has 1 fully saturated rings. The average Bonchev–Trinajstić information content (AvgIpc) is 2.69. The van der Waals surface area contributed by atoms with Gasteiger partial charge in [-0.2, -0.15) is 0 Å². The van der Waals surface area contributed by atoms with Gasteiger partial charge in [-0.25, -0.2) is 0 Å². The second-order valence-electron chi connectivity index (χ2n) is 8.54. The molecule has 0 atom stereocenters. The van der Waals surface area contributed by atoms with Gasteiger partial charge in [0.05, 0.1) is 13.2 Å². The van der Waals surface area contributed by atoms with E-state index >= 15 is 0 Å². The van der Waals surface area contributed by atoms with E-state index in [0.29, 0.717) is 0 Å². The maximum absolute atomic E-state index is 7.47. The number of allylic oxidation sites excluding steroid dienone is 2. The van der Waals surface area contributed by atoms with Crippen molar-refractivity contribution in [2.75, 3.05) is 0 Å². The van der Waals surface area contributed by atoms with E-state index in [4.69, 9.17) is 4.43 Å². The van der Waals surface area contributed by atoms with Crippen molar-refractivity contribution in [2.45, 2.75) is 121 Å². The third-order valence-corrected chi connectivity index (χ3v) is 27.6. The molecule has 0 saturated carbocycles. The number of unbranched alkanes of at least 4 members (excludes halogenated alkanes) is 4. The van der Waals surface area contributed by atoms with E-state index in [-0.39, 0.29) is 5.60 Å². The molecule has 0 unspecified atom stereocenters. The second-order valence-corrected chi connectivity index (χ2v) is 22.5. The van der Waals surface area contributed by atoms with Crippen LogP contribution in [0.25, 0.3) is 0 Å². The molecular formula is C23H46OSi2. The van der Waals surface area contributed by atoms with E-state index in [1.165, 1.54) is 75.2 Å². The molecule has 0 spiro atoms. The molecule has 0 aromatic heterocycles. The van der Waals surface area contributed by atoms with Crippen molar-refractivity contribution < 1.29 is 4.43 Å². The van der Waals surface area contributed by atoms with E-state index < -0.39 is 15.4 Å². The van der Waals surface area contributed by atoms with Crippen molar-refractivity contribution in [1.29, 1.82) is 0 Å². The molecule has 1 heterocycles. The minimum Gasteiger partial charge on any atom is -0.414 e. The van der Waals surface area contributed by atoms with Gasteiger partial charge in [0, 0.05) is 0 Å². The van der Waals surface area contributed by atoms with E-state index in [9.17, 15) is 0 Å². The molecule has 0 aliphatic carbocycles. The van der Waals surface area contributed by atoms with E-state index in [1.54, 1.807) is 0 Å². The van der Waals surface area contributed by atoms with Crippen LogP contribution in [0.4, 0.5) is 0 Å². The Kier molecular flexibility index (Phi) is 10.7. The Hall–Kier alpha value is -0.126. The quantitative estimate of drug-likeness (QED) is 0.164. The molecule has 1 aliphatic rings. The average molecular weight is 395 g/mol. The molecule has 0 radical (unpaired) electrons. The Morgan fingerprint density at radius 2 is 1.31 bits per heavy atom. The minimum absolute atomic E-state index is 0.196. The van der Waals surface area contributed by atoms with Crippen molar-refractivity contribution in [3.63, 3.8) is 0 Å². The Morgan fingerprint density at radius 3 is 1.69 bits per heavy atom. The van der Waals surface area contributed by atoms with Crippen LogP contribution in [0.15, 0.2) is 25.3 Å². The standard InChI is InChI=1S/C23H46OSi2/c1-7-13-15-17-19-23(20-18-16-14-8-2)21-22-25(9-3,10-4)26(11-5,12-6)24-23/h7-8H,1-2,9-22H2,3-6H3.